The van der Waals surface area contributed by atoms with Crippen molar-refractivity contribution in [2.75, 3.05) is 6.61 Å². The summed E-state index contributed by atoms with van der Waals surface area (Å²) in [5.74, 6) is 0.740. The highest BCUT2D eigenvalue weighted by Crippen LogP contribution is 2.31. The lowest BCUT2D eigenvalue weighted by Gasteiger charge is -2.23. The minimum absolute atomic E-state index is 0.0652. The molecule has 2 aromatic rings. The van der Waals surface area contributed by atoms with Gasteiger partial charge in [0.05, 0.1) is 12.2 Å². The molecule has 0 aliphatic heterocycles. The van der Waals surface area contributed by atoms with Crippen LogP contribution in [-0.2, 0) is 6.54 Å². The summed E-state index contributed by atoms with van der Waals surface area (Å²) in [6.07, 6.45) is 2.19. The van der Waals surface area contributed by atoms with Crippen molar-refractivity contribution in [3.05, 3.63) is 65.7 Å². The standard InChI is InChI=1S/C19H21NO2/c1-2-22-18-11-7-6-10-17(18)19(21)20(16-12-13-16)14-15-8-4-3-5-9-15/h3-11,16H,2,12-14H2,1H3. The van der Waals surface area contributed by atoms with E-state index >= 15 is 0 Å². The van der Waals surface area contributed by atoms with E-state index < -0.39 is 0 Å². The maximum absolute atomic E-state index is 13.0. The molecular formula is C19H21NO2. The van der Waals surface area contributed by atoms with E-state index in [2.05, 4.69) is 12.1 Å². The van der Waals surface area contributed by atoms with Gasteiger partial charge >= 0.3 is 0 Å². The van der Waals surface area contributed by atoms with E-state index in [-0.39, 0.29) is 5.91 Å². The highest BCUT2D eigenvalue weighted by molar-refractivity contribution is 5.97. The molecule has 0 unspecified atom stereocenters. The van der Waals surface area contributed by atoms with Crippen LogP contribution in [0.1, 0.15) is 35.7 Å². The molecule has 3 nitrogen and oxygen atoms in total. The molecule has 3 rings (SSSR count). The van der Waals surface area contributed by atoms with Gasteiger partial charge in [-0.05, 0) is 37.5 Å². The fraction of sp³-hybridized carbons (Fsp3) is 0.316. The van der Waals surface area contributed by atoms with E-state index in [4.69, 9.17) is 4.74 Å². The summed E-state index contributed by atoms with van der Waals surface area (Å²) in [6.45, 7) is 3.15. The lowest BCUT2D eigenvalue weighted by molar-refractivity contribution is 0.0725. The molecule has 2 aromatic carbocycles. The summed E-state index contributed by atoms with van der Waals surface area (Å²) < 4.78 is 5.61. The second-order valence-electron chi connectivity index (χ2n) is 5.58. The third-order valence-electron chi connectivity index (χ3n) is 3.86. The van der Waals surface area contributed by atoms with Gasteiger partial charge in [-0.3, -0.25) is 4.79 Å². The van der Waals surface area contributed by atoms with Gasteiger partial charge in [-0.1, -0.05) is 42.5 Å². The third-order valence-corrected chi connectivity index (χ3v) is 3.86. The number of amides is 1. The molecule has 0 bridgehead atoms. The first kappa shape index (κ1) is 14.6. The molecule has 0 atom stereocenters. The molecule has 114 valence electrons. The van der Waals surface area contributed by atoms with E-state index in [0.717, 1.165) is 18.4 Å². The number of benzene rings is 2. The van der Waals surface area contributed by atoms with Crippen LogP contribution in [0.3, 0.4) is 0 Å². The fourth-order valence-corrected chi connectivity index (χ4v) is 2.61. The van der Waals surface area contributed by atoms with E-state index in [0.29, 0.717) is 30.5 Å². The van der Waals surface area contributed by atoms with Gasteiger partial charge in [-0.15, -0.1) is 0 Å². The molecule has 3 heteroatoms. The molecule has 0 heterocycles. The molecule has 1 aliphatic rings. The monoisotopic (exact) mass is 295 g/mol. The molecule has 1 saturated carbocycles. The van der Waals surface area contributed by atoms with Crippen molar-refractivity contribution >= 4 is 5.91 Å². The predicted octanol–water partition coefficient (Wildman–Crippen LogP) is 3.89. The highest BCUT2D eigenvalue weighted by atomic mass is 16.5. The molecule has 0 radical (unpaired) electrons. The molecule has 22 heavy (non-hydrogen) atoms. The number of hydrogen-bond acceptors (Lipinski definition) is 2. The first-order chi connectivity index (χ1) is 10.8. The third kappa shape index (κ3) is 3.30. The molecular weight excluding hydrogens is 274 g/mol. The lowest BCUT2D eigenvalue weighted by atomic mass is 10.1. The molecule has 1 fully saturated rings. The van der Waals surface area contributed by atoms with Crippen molar-refractivity contribution in [3.63, 3.8) is 0 Å². The summed E-state index contributed by atoms with van der Waals surface area (Å²) in [7, 11) is 0. The van der Waals surface area contributed by atoms with Gasteiger partial charge in [0.25, 0.3) is 5.91 Å². The van der Waals surface area contributed by atoms with E-state index in [1.807, 2.05) is 54.3 Å². The molecule has 0 saturated heterocycles. The topological polar surface area (TPSA) is 29.5 Å². The van der Waals surface area contributed by atoms with Gasteiger partial charge in [0.1, 0.15) is 5.75 Å². The number of rotatable bonds is 6. The maximum Gasteiger partial charge on any atom is 0.258 e. The second-order valence-corrected chi connectivity index (χ2v) is 5.58. The van der Waals surface area contributed by atoms with E-state index in [1.54, 1.807) is 0 Å². The number of nitrogens with zero attached hydrogens (tertiary/aromatic N) is 1. The van der Waals surface area contributed by atoms with Gasteiger partial charge in [-0.25, -0.2) is 0 Å². The Bertz CT molecular complexity index is 635. The average Bonchev–Trinajstić information content (AvgIpc) is 3.39. The van der Waals surface area contributed by atoms with Crippen LogP contribution in [0.4, 0.5) is 0 Å². The smallest absolute Gasteiger partial charge is 0.258 e. The minimum Gasteiger partial charge on any atom is -0.493 e. The van der Waals surface area contributed by atoms with Crippen LogP contribution < -0.4 is 4.74 Å². The fourth-order valence-electron chi connectivity index (χ4n) is 2.61. The second kappa shape index (κ2) is 6.65. The van der Waals surface area contributed by atoms with E-state index in [1.165, 1.54) is 0 Å². The lowest BCUT2D eigenvalue weighted by Crippen LogP contribution is -2.32. The summed E-state index contributed by atoms with van der Waals surface area (Å²) in [5, 5.41) is 0. The van der Waals surface area contributed by atoms with Crippen molar-refractivity contribution < 1.29 is 9.53 Å². The first-order valence-electron chi connectivity index (χ1n) is 7.86. The minimum atomic E-state index is 0.0652. The SMILES string of the molecule is CCOc1ccccc1C(=O)N(Cc1ccccc1)C1CC1. The van der Waals surface area contributed by atoms with Crippen molar-refractivity contribution in [1.29, 1.82) is 0 Å². The number of carbonyl (C=O) groups excluding carboxylic acids is 1. The molecule has 0 N–H and O–H groups in total. The largest absolute Gasteiger partial charge is 0.493 e. The average molecular weight is 295 g/mol. The Morgan fingerprint density at radius 3 is 2.45 bits per heavy atom. The van der Waals surface area contributed by atoms with Crippen LogP contribution in [-0.4, -0.2) is 23.5 Å². The van der Waals surface area contributed by atoms with Gasteiger partial charge in [0.15, 0.2) is 0 Å². The van der Waals surface area contributed by atoms with Gasteiger partial charge < -0.3 is 9.64 Å². The van der Waals surface area contributed by atoms with Gasteiger partial charge in [-0.2, -0.15) is 0 Å². The van der Waals surface area contributed by atoms with E-state index in [9.17, 15) is 4.79 Å². The summed E-state index contributed by atoms with van der Waals surface area (Å²) in [6, 6.07) is 18.0. The van der Waals surface area contributed by atoms with Gasteiger partial charge in [0, 0.05) is 12.6 Å². The summed E-state index contributed by atoms with van der Waals surface area (Å²) >= 11 is 0. The zero-order chi connectivity index (χ0) is 15.4. The van der Waals surface area contributed by atoms with Crippen LogP contribution in [0.2, 0.25) is 0 Å². The van der Waals surface area contributed by atoms with Crippen molar-refractivity contribution in [2.45, 2.75) is 32.4 Å². The van der Waals surface area contributed by atoms with Crippen LogP contribution in [0.15, 0.2) is 54.6 Å². The Hall–Kier alpha value is -2.29. The Labute approximate surface area is 131 Å². The Kier molecular flexibility index (Phi) is 4.42. The highest BCUT2D eigenvalue weighted by Gasteiger charge is 2.34. The van der Waals surface area contributed by atoms with Gasteiger partial charge in [0.2, 0.25) is 0 Å². The van der Waals surface area contributed by atoms with Crippen LogP contribution in [0.5, 0.6) is 5.75 Å². The Morgan fingerprint density at radius 2 is 1.77 bits per heavy atom. The van der Waals surface area contributed by atoms with Crippen LogP contribution in [0, 0.1) is 0 Å². The molecule has 1 amide bonds. The quantitative estimate of drug-likeness (QED) is 0.809. The summed E-state index contributed by atoms with van der Waals surface area (Å²) in [5.41, 5.74) is 1.82. The van der Waals surface area contributed by atoms with Crippen LogP contribution in [0.25, 0.3) is 0 Å². The predicted molar refractivity (Wildman–Crippen MR) is 86.9 cm³/mol. The number of ether oxygens (including phenoxy) is 1. The zero-order valence-electron chi connectivity index (χ0n) is 12.9. The number of para-hydroxylation sites is 1. The van der Waals surface area contributed by atoms with Crippen LogP contribution >= 0.6 is 0 Å². The summed E-state index contributed by atoms with van der Waals surface area (Å²) in [4.78, 5) is 15.0. The Morgan fingerprint density at radius 1 is 1.09 bits per heavy atom. The maximum atomic E-state index is 13.0. The number of hydrogen-bond donors (Lipinski definition) is 0. The first-order valence-corrected chi connectivity index (χ1v) is 7.86. The zero-order valence-corrected chi connectivity index (χ0v) is 12.9. The molecule has 0 spiro atoms. The van der Waals surface area contributed by atoms with Crippen molar-refractivity contribution in [2.24, 2.45) is 0 Å². The van der Waals surface area contributed by atoms with Crippen molar-refractivity contribution in [1.82, 2.24) is 4.90 Å². The molecule has 1 aliphatic carbocycles. The molecule has 0 aromatic heterocycles. The Balaban J connectivity index is 1.84. The van der Waals surface area contributed by atoms with Crippen molar-refractivity contribution in [3.8, 4) is 5.75 Å². The normalized spacial score (nSPS) is 13.7. The number of carbonyl (C=O) groups is 1.